The summed E-state index contributed by atoms with van der Waals surface area (Å²) in [6, 6.07) is 21.1. The minimum atomic E-state index is 0.878. The fraction of sp³-hybridized carbons (Fsp3) is 0.143. The van der Waals surface area contributed by atoms with Gasteiger partial charge < -0.3 is 0 Å². The highest BCUT2D eigenvalue weighted by atomic mass is 32.2. The first-order valence-corrected chi connectivity index (χ1v) is 10.3. The second-order valence-corrected chi connectivity index (χ2v) is 8.06. The van der Waals surface area contributed by atoms with Crippen molar-refractivity contribution in [2.24, 2.45) is 0 Å². The second-order valence-electron chi connectivity index (χ2n) is 6.17. The summed E-state index contributed by atoms with van der Waals surface area (Å²) in [5, 5.41) is 12.0. The molecule has 2 aromatic carbocycles. The Bertz CT molecular complexity index is 1010. The molecular weight excluding hydrogens is 358 g/mol. The maximum atomic E-state index is 4.50. The molecule has 26 heavy (non-hydrogen) atoms. The molecule has 0 aliphatic carbocycles. The van der Waals surface area contributed by atoms with Crippen molar-refractivity contribution in [2.45, 2.75) is 24.8 Å². The van der Waals surface area contributed by atoms with Gasteiger partial charge in [-0.1, -0.05) is 59.8 Å². The molecule has 0 saturated heterocycles. The van der Waals surface area contributed by atoms with Gasteiger partial charge in [-0.15, -0.1) is 21.5 Å². The van der Waals surface area contributed by atoms with Crippen LogP contribution in [-0.4, -0.2) is 14.8 Å². The number of aryl methyl sites for hydroxylation is 2. The van der Waals surface area contributed by atoms with Crippen LogP contribution in [0.4, 0.5) is 0 Å². The van der Waals surface area contributed by atoms with Gasteiger partial charge in [-0.3, -0.25) is 4.57 Å². The van der Waals surface area contributed by atoms with Crippen LogP contribution in [0.3, 0.4) is 0 Å². The largest absolute Gasteiger partial charge is 0.269 e. The molecule has 0 saturated carbocycles. The summed E-state index contributed by atoms with van der Waals surface area (Å²) >= 11 is 3.41. The van der Waals surface area contributed by atoms with Crippen molar-refractivity contribution in [3.63, 3.8) is 0 Å². The van der Waals surface area contributed by atoms with Gasteiger partial charge in [0.15, 0.2) is 11.0 Å². The van der Waals surface area contributed by atoms with Gasteiger partial charge in [0.25, 0.3) is 0 Å². The van der Waals surface area contributed by atoms with E-state index in [0.29, 0.717) is 0 Å². The van der Waals surface area contributed by atoms with Crippen molar-refractivity contribution >= 4 is 23.1 Å². The van der Waals surface area contributed by atoms with Gasteiger partial charge in [-0.2, -0.15) is 0 Å². The number of hydrogen-bond acceptors (Lipinski definition) is 4. The molecular formula is C21H19N3S2. The maximum Gasteiger partial charge on any atom is 0.196 e. The lowest BCUT2D eigenvalue weighted by atomic mass is 10.1. The molecule has 0 fully saturated rings. The van der Waals surface area contributed by atoms with Crippen LogP contribution in [0.15, 0.2) is 71.2 Å². The van der Waals surface area contributed by atoms with Crippen molar-refractivity contribution in [1.82, 2.24) is 14.8 Å². The van der Waals surface area contributed by atoms with E-state index in [2.05, 4.69) is 70.4 Å². The van der Waals surface area contributed by atoms with Crippen LogP contribution < -0.4 is 0 Å². The molecule has 2 heterocycles. The molecule has 0 aliphatic rings. The Morgan fingerprint density at radius 3 is 2.58 bits per heavy atom. The standard InChI is InChI=1S/C21H19N3S2/c1-15-10-11-16(2)17(13-15)14-26-21-23-22-20(19-9-6-12-25-19)24(21)18-7-4-3-5-8-18/h3-13H,14H2,1-2H3. The quantitative estimate of drug-likeness (QED) is 0.405. The minimum absolute atomic E-state index is 0.878. The summed E-state index contributed by atoms with van der Waals surface area (Å²) in [6.07, 6.45) is 0. The Hall–Kier alpha value is -2.37. The van der Waals surface area contributed by atoms with E-state index in [0.717, 1.165) is 27.3 Å². The zero-order valence-corrected chi connectivity index (χ0v) is 16.3. The van der Waals surface area contributed by atoms with Gasteiger partial charge >= 0.3 is 0 Å². The van der Waals surface area contributed by atoms with E-state index in [1.165, 1.54) is 16.7 Å². The van der Waals surface area contributed by atoms with E-state index in [4.69, 9.17) is 0 Å². The summed E-state index contributed by atoms with van der Waals surface area (Å²) < 4.78 is 2.15. The second kappa shape index (κ2) is 7.48. The molecule has 0 atom stereocenters. The maximum absolute atomic E-state index is 4.50. The number of aromatic nitrogens is 3. The number of hydrogen-bond donors (Lipinski definition) is 0. The number of thiophene rings is 1. The number of para-hydroxylation sites is 1. The molecule has 0 amide bonds. The van der Waals surface area contributed by atoms with Crippen molar-refractivity contribution < 1.29 is 0 Å². The van der Waals surface area contributed by atoms with Crippen LogP contribution in [0, 0.1) is 13.8 Å². The third-order valence-corrected chi connectivity index (χ3v) is 6.09. The van der Waals surface area contributed by atoms with Crippen LogP contribution in [0.5, 0.6) is 0 Å². The molecule has 0 spiro atoms. The van der Waals surface area contributed by atoms with E-state index < -0.39 is 0 Å². The average Bonchev–Trinajstić information content (AvgIpc) is 3.32. The molecule has 2 aromatic heterocycles. The van der Waals surface area contributed by atoms with Gasteiger partial charge in [-0.25, -0.2) is 0 Å². The Kier molecular flexibility index (Phi) is 4.91. The third-order valence-electron chi connectivity index (χ3n) is 4.25. The fourth-order valence-electron chi connectivity index (χ4n) is 2.84. The number of nitrogens with zero attached hydrogens (tertiary/aromatic N) is 3. The van der Waals surface area contributed by atoms with E-state index in [9.17, 15) is 0 Å². The predicted molar refractivity (Wildman–Crippen MR) is 110 cm³/mol. The molecule has 5 heteroatoms. The number of thioether (sulfide) groups is 1. The lowest BCUT2D eigenvalue weighted by molar-refractivity contribution is 0.886. The highest BCUT2D eigenvalue weighted by Gasteiger charge is 2.17. The monoisotopic (exact) mass is 377 g/mol. The fourth-order valence-corrected chi connectivity index (χ4v) is 4.55. The van der Waals surface area contributed by atoms with Crippen LogP contribution in [0.1, 0.15) is 16.7 Å². The average molecular weight is 378 g/mol. The van der Waals surface area contributed by atoms with E-state index in [1.54, 1.807) is 23.1 Å². The summed E-state index contributed by atoms with van der Waals surface area (Å²) in [7, 11) is 0. The van der Waals surface area contributed by atoms with E-state index in [1.807, 2.05) is 24.3 Å². The van der Waals surface area contributed by atoms with Crippen LogP contribution in [-0.2, 0) is 5.75 Å². The zero-order valence-electron chi connectivity index (χ0n) is 14.7. The first-order chi connectivity index (χ1) is 12.7. The first-order valence-electron chi connectivity index (χ1n) is 8.46. The smallest absolute Gasteiger partial charge is 0.196 e. The molecule has 4 rings (SSSR count). The molecule has 0 aliphatic heterocycles. The molecule has 0 N–H and O–H groups in total. The van der Waals surface area contributed by atoms with E-state index >= 15 is 0 Å². The lowest BCUT2D eigenvalue weighted by Crippen LogP contribution is -1.99. The Labute approximate surface area is 161 Å². The summed E-state index contributed by atoms with van der Waals surface area (Å²) in [5.41, 5.74) is 5.03. The summed E-state index contributed by atoms with van der Waals surface area (Å²) in [4.78, 5) is 1.12. The Balaban J connectivity index is 1.71. The van der Waals surface area contributed by atoms with Gasteiger partial charge in [0.1, 0.15) is 0 Å². The van der Waals surface area contributed by atoms with Crippen LogP contribution >= 0.6 is 23.1 Å². The van der Waals surface area contributed by atoms with Gasteiger partial charge in [0, 0.05) is 11.4 Å². The highest BCUT2D eigenvalue weighted by Crippen LogP contribution is 2.32. The van der Waals surface area contributed by atoms with Gasteiger partial charge in [0.2, 0.25) is 0 Å². The number of benzene rings is 2. The van der Waals surface area contributed by atoms with Crippen molar-refractivity contribution in [1.29, 1.82) is 0 Å². The normalized spacial score (nSPS) is 11.0. The minimum Gasteiger partial charge on any atom is -0.269 e. The third kappa shape index (κ3) is 3.45. The molecule has 0 radical (unpaired) electrons. The SMILES string of the molecule is Cc1ccc(C)c(CSc2nnc(-c3cccs3)n2-c2ccccc2)c1. The summed E-state index contributed by atoms with van der Waals surface area (Å²) in [6.45, 7) is 4.29. The first kappa shape index (κ1) is 17.1. The number of rotatable bonds is 5. The van der Waals surface area contributed by atoms with Gasteiger partial charge in [0.05, 0.1) is 4.88 Å². The lowest BCUT2D eigenvalue weighted by Gasteiger charge is -2.10. The summed E-state index contributed by atoms with van der Waals surface area (Å²) in [5.74, 6) is 1.78. The molecule has 0 bridgehead atoms. The van der Waals surface area contributed by atoms with Gasteiger partial charge in [-0.05, 0) is 48.6 Å². The van der Waals surface area contributed by atoms with Crippen LogP contribution in [0.2, 0.25) is 0 Å². The van der Waals surface area contributed by atoms with Crippen molar-refractivity contribution in [3.8, 4) is 16.4 Å². The zero-order chi connectivity index (χ0) is 17.9. The molecule has 0 unspecified atom stereocenters. The Morgan fingerprint density at radius 2 is 1.81 bits per heavy atom. The molecule has 3 nitrogen and oxygen atoms in total. The molecule has 130 valence electrons. The van der Waals surface area contributed by atoms with Crippen molar-refractivity contribution in [3.05, 3.63) is 82.7 Å². The Morgan fingerprint density at radius 1 is 0.962 bits per heavy atom. The van der Waals surface area contributed by atoms with Crippen molar-refractivity contribution in [2.75, 3.05) is 0 Å². The topological polar surface area (TPSA) is 30.7 Å². The molecule has 4 aromatic rings. The highest BCUT2D eigenvalue weighted by molar-refractivity contribution is 7.98. The predicted octanol–water partition coefficient (Wildman–Crippen LogP) is 5.90. The van der Waals surface area contributed by atoms with Crippen LogP contribution in [0.25, 0.3) is 16.4 Å². The van der Waals surface area contributed by atoms with E-state index in [-0.39, 0.29) is 0 Å².